The summed E-state index contributed by atoms with van der Waals surface area (Å²) in [7, 11) is 1.48. The van der Waals surface area contributed by atoms with Gasteiger partial charge in [0, 0.05) is 23.8 Å². The number of pyridine rings is 1. The van der Waals surface area contributed by atoms with Crippen LogP contribution in [-0.2, 0) is 18.3 Å². The van der Waals surface area contributed by atoms with Gasteiger partial charge in [-0.15, -0.1) is 0 Å². The van der Waals surface area contributed by atoms with Crippen LogP contribution in [0.25, 0.3) is 0 Å². The van der Waals surface area contributed by atoms with Crippen LogP contribution >= 0.6 is 11.9 Å². The van der Waals surface area contributed by atoms with E-state index < -0.39 is 28.7 Å². The zero-order chi connectivity index (χ0) is 28.5. The molecule has 0 unspecified atom stereocenters. The lowest BCUT2D eigenvalue weighted by atomic mass is 10.0. The first kappa shape index (κ1) is 28.6. The van der Waals surface area contributed by atoms with Gasteiger partial charge in [0.2, 0.25) is 0 Å². The minimum absolute atomic E-state index is 0.0447. The van der Waals surface area contributed by atoms with E-state index in [4.69, 9.17) is 4.84 Å². The Morgan fingerprint density at radius 3 is 2.46 bits per heavy atom. The molecule has 0 atom stereocenters. The van der Waals surface area contributed by atoms with Gasteiger partial charge in [0.1, 0.15) is 11.6 Å². The number of nitrogens with zero attached hydrogens (tertiary/aromatic N) is 1. The SMILES string of the molecule is Cc1ccc(Nc2c(C(=O)NOC(C)(C)C)cc(Cc3cccc(NSC4(C)CC4)c3F)c(=O)n2C)c(F)c1. The molecular weight excluding hydrogens is 522 g/mol. The van der Waals surface area contributed by atoms with Gasteiger partial charge in [0.05, 0.1) is 22.5 Å². The van der Waals surface area contributed by atoms with E-state index in [1.165, 1.54) is 41.8 Å². The Bertz CT molecular complexity index is 1460. The van der Waals surface area contributed by atoms with E-state index in [0.29, 0.717) is 11.3 Å². The second kappa shape index (κ2) is 11.0. The Balaban J connectivity index is 1.71. The fourth-order valence-electron chi connectivity index (χ4n) is 3.81. The van der Waals surface area contributed by atoms with Crippen molar-refractivity contribution in [1.82, 2.24) is 10.0 Å². The van der Waals surface area contributed by atoms with Gasteiger partial charge < -0.3 is 10.0 Å². The predicted octanol–water partition coefficient (Wildman–Crippen LogP) is 6.38. The predicted molar refractivity (Wildman–Crippen MR) is 152 cm³/mol. The Labute approximate surface area is 231 Å². The van der Waals surface area contributed by atoms with E-state index in [0.717, 1.165) is 18.4 Å². The zero-order valence-corrected chi connectivity index (χ0v) is 23.8. The summed E-state index contributed by atoms with van der Waals surface area (Å²) in [6, 6.07) is 11.0. The average molecular weight is 557 g/mol. The molecule has 2 aromatic carbocycles. The van der Waals surface area contributed by atoms with Gasteiger partial charge >= 0.3 is 0 Å². The Morgan fingerprint density at radius 2 is 1.82 bits per heavy atom. The molecule has 39 heavy (non-hydrogen) atoms. The van der Waals surface area contributed by atoms with Gasteiger partial charge in [-0.1, -0.05) is 18.2 Å². The molecular formula is C29H34F2N4O3S. The Hall–Kier alpha value is -3.37. The molecule has 3 N–H and O–H groups in total. The number of benzene rings is 2. The smallest absolute Gasteiger partial charge is 0.278 e. The average Bonchev–Trinajstić information content (AvgIpc) is 3.60. The standard InChI is InChI=1S/C29H34F2N4O3S/c1-17-10-11-22(21(30)14-17)32-25-20(26(36)33-38-28(2,3)4)16-19(27(37)35(25)6)15-18-8-7-9-23(24(18)31)34-39-29(5)12-13-29/h7-11,14,16,32,34H,12-13,15H2,1-6H3,(H,33,36). The number of aryl methyl sites for hydroxylation is 1. The molecule has 3 aromatic rings. The highest BCUT2D eigenvalue weighted by atomic mass is 32.2. The summed E-state index contributed by atoms with van der Waals surface area (Å²) in [6.07, 6.45) is 2.09. The summed E-state index contributed by atoms with van der Waals surface area (Å²) in [4.78, 5) is 32.1. The molecule has 7 nitrogen and oxygen atoms in total. The minimum Gasteiger partial charge on any atom is -0.339 e. The molecule has 1 heterocycles. The molecule has 4 rings (SSSR count). The molecule has 1 aliphatic carbocycles. The Kier molecular flexibility index (Phi) is 8.09. The molecule has 10 heteroatoms. The number of hydrogen-bond acceptors (Lipinski definition) is 6. The van der Waals surface area contributed by atoms with Crippen molar-refractivity contribution in [3.8, 4) is 0 Å². The molecule has 1 aromatic heterocycles. The van der Waals surface area contributed by atoms with Gasteiger partial charge in [0.25, 0.3) is 11.5 Å². The quantitative estimate of drug-likeness (QED) is 0.210. The third kappa shape index (κ3) is 6.99. The van der Waals surface area contributed by atoms with E-state index >= 15 is 4.39 Å². The van der Waals surface area contributed by atoms with Crippen LogP contribution in [0.2, 0.25) is 0 Å². The number of rotatable bonds is 9. The second-order valence-corrected chi connectivity index (χ2v) is 12.6. The maximum Gasteiger partial charge on any atom is 0.278 e. The first-order chi connectivity index (χ1) is 18.3. The molecule has 0 radical (unpaired) electrons. The number of hydroxylamine groups is 1. The van der Waals surface area contributed by atoms with Gasteiger partial charge in [-0.05, 0) is 94.8 Å². The highest BCUT2D eigenvalue weighted by Crippen LogP contribution is 2.48. The third-order valence-electron chi connectivity index (χ3n) is 6.38. The molecule has 0 bridgehead atoms. The number of carbonyl (C=O) groups is 1. The van der Waals surface area contributed by atoms with Crippen LogP contribution in [-0.4, -0.2) is 20.8 Å². The summed E-state index contributed by atoms with van der Waals surface area (Å²) in [5.74, 6) is -1.55. The molecule has 1 amide bonds. The molecule has 1 fully saturated rings. The molecule has 0 aliphatic heterocycles. The maximum absolute atomic E-state index is 15.4. The van der Waals surface area contributed by atoms with Gasteiger partial charge in [-0.3, -0.25) is 19.0 Å². The van der Waals surface area contributed by atoms with E-state index in [1.54, 1.807) is 52.0 Å². The number of aromatic nitrogens is 1. The fraction of sp³-hybridized carbons (Fsp3) is 0.379. The number of carbonyl (C=O) groups excluding carboxylic acids is 1. The Morgan fingerprint density at radius 1 is 1.10 bits per heavy atom. The monoisotopic (exact) mass is 556 g/mol. The van der Waals surface area contributed by atoms with Crippen molar-refractivity contribution < 1.29 is 18.4 Å². The van der Waals surface area contributed by atoms with Crippen molar-refractivity contribution in [3.63, 3.8) is 0 Å². The minimum atomic E-state index is -0.679. The second-order valence-electron chi connectivity index (χ2n) is 11.2. The lowest BCUT2D eigenvalue weighted by Crippen LogP contribution is -2.35. The third-order valence-corrected chi connectivity index (χ3v) is 7.60. The topological polar surface area (TPSA) is 84.4 Å². The van der Waals surface area contributed by atoms with Gasteiger partial charge in [-0.2, -0.15) is 0 Å². The first-order valence-corrected chi connectivity index (χ1v) is 13.5. The van der Waals surface area contributed by atoms with Crippen LogP contribution in [0.5, 0.6) is 0 Å². The molecule has 0 spiro atoms. The van der Waals surface area contributed by atoms with Gasteiger partial charge in [-0.25, -0.2) is 14.3 Å². The summed E-state index contributed by atoms with van der Waals surface area (Å²) >= 11 is 1.49. The highest BCUT2D eigenvalue weighted by Gasteiger charge is 2.38. The fourth-order valence-corrected chi connectivity index (χ4v) is 4.63. The van der Waals surface area contributed by atoms with Crippen LogP contribution in [0.15, 0.2) is 47.3 Å². The van der Waals surface area contributed by atoms with Crippen molar-refractivity contribution in [1.29, 1.82) is 0 Å². The molecule has 0 saturated heterocycles. The molecule has 1 aliphatic rings. The number of hydrogen-bond donors (Lipinski definition) is 3. The molecule has 1 saturated carbocycles. The van der Waals surface area contributed by atoms with Crippen LogP contribution < -0.4 is 21.1 Å². The first-order valence-electron chi connectivity index (χ1n) is 12.7. The normalized spacial score (nSPS) is 14.2. The van der Waals surface area contributed by atoms with E-state index in [-0.39, 0.29) is 33.8 Å². The van der Waals surface area contributed by atoms with Gasteiger partial charge in [0.15, 0.2) is 5.82 Å². The van der Waals surface area contributed by atoms with Crippen molar-refractivity contribution in [3.05, 3.63) is 86.7 Å². The van der Waals surface area contributed by atoms with E-state index in [2.05, 4.69) is 22.4 Å². The lowest BCUT2D eigenvalue weighted by Gasteiger charge is -2.21. The zero-order valence-electron chi connectivity index (χ0n) is 23.0. The van der Waals surface area contributed by atoms with Crippen molar-refractivity contribution in [2.24, 2.45) is 7.05 Å². The summed E-state index contributed by atoms with van der Waals surface area (Å²) in [6.45, 7) is 9.18. The van der Waals surface area contributed by atoms with Crippen LogP contribution in [0, 0.1) is 18.6 Å². The highest BCUT2D eigenvalue weighted by molar-refractivity contribution is 8.02. The van der Waals surface area contributed by atoms with Crippen molar-refractivity contribution in [2.75, 3.05) is 10.0 Å². The summed E-state index contributed by atoms with van der Waals surface area (Å²) < 4.78 is 34.5. The van der Waals surface area contributed by atoms with Crippen LogP contribution in [0.1, 0.15) is 67.6 Å². The largest absolute Gasteiger partial charge is 0.339 e. The van der Waals surface area contributed by atoms with Crippen molar-refractivity contribution in [2.45, 2.75) is 64.2 Å². The maximum atomic E-state index is 15.4. The molecule has 208 valence electrons. The van der Waals surface area contributed by atoms with E-state index in [1.807, 2.05) is 0 Å². The summed E-state index contributed by atoms with van der Waals surface area (Å²) in [5, 5.41) is 2.89. The van der Waals surface area contributed by atoms with Crippen molar-refractivity contribution >= 4 is 35.0 Å². The number of nitrogens with one attached hydrogen (secondary N) is 3. The van der Waals surface area contributed by atoms with E-state index in [9.17, 15) is 14.0 Å². The van der Waals surface area contributed by atoms with Crippen LogP contribution in [0.3, 0.4) is 0 Å². The lowest BCUT2D eigenvalue weighted by molar-refractivity contribution is -0.0589. The number of anilines is 3. The van der Waals surface area contributed by atoms with Crippen LogP contribution in [0.4, 0.5) is 26.0 Å². The number of amides is 1. The number of halogens is 2. The summed E-state index contributed by atoms with van der Waals surface area (Å²) in [5.41, 5.74) is 3.00.